The first kappa shape index (κ1) is 14.2. The minimum absolute atomic E-state index is 0.0342. The van der Waals surface area contributed by atoms with Crippen molar-refractivity contribution < 1.29 is 9.53 Å². The number of hydrogen-bond acceptors (Lipinski definition) is 3. The van der Waals surface area contributed by atoms with Gasteiger partial charge >= 0.3 is 0 Å². The molecule has 1 heterocycles. The van der Waals surface area contributed by atoms with E-state index in [0.717, 1.165) is 12.1 Å². The van der Waals surface area contributed by atoms with Crippen LogP contribution in [0, 0.1) is 11.3 Å². The summed E-state index contributed by atoms with van der Waals surface area (Å²) in [6.45, 7) is 2.00. The van der Waals surface area contributed by atoms with Gasteiger partial charge in [-0.2, -0.15) is 5.26 Å². The molecule has 4 heteroatoms. The summed E-state index contributed by atoms with van der Waals surface area (Å²) in [6, 6.07) is 17.0. The Bertz CT molecular complexity index is 749. The van der Waals surface area contributed by atoms with Crippen molar-refractivity contribution in [3.63, 3.8) is 0 Å². The van der Waals surface area contributed by atoms with Gasteiger partial charge in [0.05, 0.1) is 11.6 Å². The Morgan fingerprint density at radius 3 is 2.95 bits per heavy atom. The van der Waals surface area contributed by atoms with Crippen LogP contribution in [0.15, 0.2) is 48.5 Å². The van der Waals surface area contributed by atoms with Crippen LogP contribution in [0.5, 0.6) is 5.75 Å². The molecule has 0 saturated carbocycles. The number of amides is 1. The normalized spacial score (nSPS) is 16.0. The van der Waals surface area contributed by atoms with Gasteiger partial charge in [0.2, 0.25) is 0 Å². The standard InChI is InChI=1S/C18H16N2O2/c1-13-9-15-6-2-3-8-17(15)20(13)18(21)12-22-16-7-4-5-14(10-16)11-19/h2-8,10,13H,9,12H2,1H3/t13-/m1/s1. The molecule has 1 atom stereocenters. The summed E-state index contributed by atoms with van der Waals surface area (Å²) >= 11 is 0. The lowest BCUT2D eigenvalue weighted by Crippen LogP contribution is -2.39. The van der Waals surface area contributed by atoms with Gasteiger partial charge in [-0.3, -0.25) is 4.79 Å². The maximum absolute atomic E-state index is 12.5. The molecule has 3 rings (SSSR count). The van der Waals surface area contributed by atoms with Gasteiger partial charge in [-0.1, -0.05) is 24.3 Å². The minimum atomic E-state index is -0.0696. The number of fused-ring (bicyclic) bond motifs is 1. The van der Waals surface area contributed by atoms with Crippen molar-refractivity contribution in [2.45, 2.75) is 19.4 Å². The number of rotatable bonds is 3. The van der Waals surface area contributed by atoms with Gasteiger partial charge in [0.1, 0.15) is 5.75 Å². The molecule has 4 nitrogen and oxygen atoms in total. The molecule has 0 bridgehead atoms. The van der Waals surface area contributed by atoms with E-state index in [1.54, 1.807) is 29.2 Å². The first-order valence-corrected chi connectivity index (χ1v) is 7.22. The number of nitrogens with zero attached hydrogens (tertiary/aromatic N) is 2. The second kappa shape index (κ2) is 5.90. The maximum atomic E-state index is 12.5. The molecule has 0 radical (unpaired) electrons. The van der Waals surface area contributed by atoms with E-state index in [0.29, 0.717) is 11.3 Å². The molecule has 2 aromatic rings. The number of carbonyl (C=O) groups is 1. The monoisotopic (exact) mass is 292 g/mol. The van der Waals surface area contributed by atoms with Crippen LogP contribution in [-0.2, 0) is 11.2 Å². The molecule has 1 aliphatic heterocycles. The van der Waals surface area contributed by atoms with Gasteiger partial charge in [0, 0.05) is 11.7 Å². The summed E-state index contributed by atoms with van der Waals surface area (Å²) in [5, 5.41) is 8.88. The quantitative estimate of drug-likeness (QED) is 0.874. The molecule has 0 spiro atoms. The van der Waals surface area contributed by atoms with E-state index in [2.05, 4.69) is 12.1 Å². The third kappa shape index (κ3) is 2.66. The Balaban J connectivity index is 1.71. The molecule has 1 aliphatic rings. The lowest BCUT2D eigenvalue weighted by atomic mass is 10.1. The van der Waals surface area contributed by atoms with Crippen LogP contribution in [0.2, 0.25) is 0 Å². The first-order valence-electron chi connectivity index (χ1n) is 7.22. The lowest BCUT2D eigenvalue weighted by Gasteiger charge is -2.22. The summed E-state index contributed by atoms with van der Waals surface area (Å²) in [5.41, 5.74) is 2.68. The molecule has 22 heavy (non-hydrogen) atoms. The van der Waals surface area contributed by atoms with Crippen molar-refractivity contribution in [2.75, 3.05) is 11.5 Å². The fourth-order valence-electron chi connectivity index (χ4n) is 2.82. The Morgan fingerprint density at radius 1 is 1.32 bits per heavy atom. The number of carbonyl (C=O) groups excluding carboxylic acids is 1. The highest BCUT2D eigenvalue weighted by atomic mass is 16.5. The van der Waals surface area contributed by atoms with Gasteiger partial charge in [0.15, 0.2) is 6.61 Å². The Labute approximate surface area is 129 Å². The first-order chi connectivity index (χ1) is 10.7. The number of nitriles is 1. The molecular formula is C18H16N2O2. The zero-order valence-electron chi connectivity index (χ0n) is 12.3. The third-order valence-corrected chi connectivity index (χ3v) is 3.80. The SMILES string of the molecule is C[C@@H]1Cc2ccccc2N1C(=O)COc1cccc(C#N)c1. The summed E-state index contributed by atoms with van der Waals surface area (Å²) in [4.78, 5) is 14.3. The summed E-state index contributed by atoms with van der Waals surface area (Å²) < 4.78 is 5.54. The molecular weight excluding hydrogens is 276 g/mol. The van der Waals surface area contributed by atoms with Crippen LogP contribution in [0.1, 0.15) is 18.1 Å². The minimum Gasteiger partial charge on any atom is -0.484 e. The Hall–Kier alpha value is -2.80. The number of benzene rings is 2. The van der Waals surface area contributed by atoms with Crippen LogP contribution in [-0.4, -0.2) is 18.6 Å². The van der Waals surface area contributed by atoms with Crippen molar-refractivity contribution in [2.24, 2.45) is 0 Å². The van der Waals surface area contributed by atoms with Gasteiger partial charge in [0.25, 0.3) is 5.91 Å². The van der Waals surface area contributed by atoms with Gasteiger partial charge < -0.3 is 9.64 Å². The highest BCUT2D eigenvalue weighted by Gasteiger charge is 2.30. The van der Waals surface area contributed by atoms with Gasteiger partial charge in [-0.05, 0) is 43.2 Å². The Morgan fingerprint density at radius 2 is 2.14 bits per heavy atom. The smallest absolute Gasteiger partial charge is 0.265 e. The van der Waals surface area contributed by atoms with E-state index in [-0.39, 0.29) is 18.6 Å². The molecule has 110 valence electrons. The zero-order valence-corrected chi connectivity index (χ0v) is 12.3. The number of hydrogen-bond donors (Lipinski definition) is 0. The van der Waals surface area contributed by atoms with Crippen molar-refractivity contribution in [3.05, 3.63) is 59.7 Å². The number of ether oxygens (including phenoxy) is 1. The van der Waals surface area contributed by atoms with E-state index >= 15 is 0 Å². The maximum Gasteiger partial charge on any atom is 0.265 e. The second-order valence-corrected chi connectivity index (χ2v) is 5.37. The average molecular weight is 292 g/mol. The van der Waals surface area contributed by atoms with Crippen molar-refractivity contribution in [1.82, 2.24) is 0 Å². The molecule has 0 saturated heterocycles. The fourth-order valence-corrected chi connectivity index (χ4v) is 2.82. The second-order valence-electron chi connectivity index (χ2n) is 5.37. The zero-order chi connectivity index (χ0) is 15.5. The molecule has 0 aromatic heterocycles. The van der Waals surface area contributed by atoms with Crippen LogP contribution in [0.3, 0.4) is 0 Å². The van der Waals surface area contributed by atoms with Crippen molar-refractivity contribution in [3.8, 4) is 11.8 Å². The molecule has 0 aliphatic carbocycles. The van der Waals surface area contributed by atoms with E-state index in [1.165, 1.54) is 5.56 Å². The van der Waals surface area contributed by atoms with E-state index < -0.39 is 0 Å². The van der Waals surface area contributed by atoms with Crippen LogP contribution < -0.4 is 9.64 Å². The largest absolute Gasteiger partial charge is 0.484 e. The van der Waals surface area contributed by atoms with Crippen molar-refractivity contribution in [1.29, 1.82) is 5.26 Å². The van der Waals surface area contributed by atoms with Crippen LogP contribution in [0.25, 0.3) is 0 Å². The lowest BCUT2D eigenvalue weighted by molar-refractivity contribution is -0.120. The summed E-state index contributed by atoms with van der Waals surface area (Å²) in [6.07, 6.45) is 0.867. The highest BCUT2D eigenvalue weighted by Crippen LogP contribution is 2.31. The van der Waals surface area contributed by atoms with Crippen molar-refractivity contribution >= 4 is 11.6 Å². The number of anilines is 1. The molecule has 2 aromatic carbocycles. The average Bonchev–Trinajstić information content (AvgIpc) is 2.88. The third-order valence-electron chi connectivity index (χ3n) is 3.80. The fraction of sp³-hybridized carbons (Fsp3) is 0.222. The summed E-state index contributed by atoms with van der Waals surface area (Å²) in [5.74, 6) is 0.465. The van der Waals surface area contributed by atoms with E-state index in [1.807, 2.05) is 25.1 Å². The van der Waals surface area contributed by atoms with Gasteiger partial charge in [-0.25, -0.2) is 0 Å². The topological polar surface area (TPSA) is 53.3 Å². The summed E-state index contributed by atoms with van der Waals surface area (Å²) in [7, 11) is 0. The molecule has 0 fully saturated rings. The number of para-hydroxylation sites is 1. The van der Waals surface area contributed by atoms with Crippen LogP contribution >= 0.6 is 0 Å². The predicted molar refractivity (Wildman–Crippen MR) is 83.7 cm³/mol. The predicted octanol–water partition coefficient (Wildman–Crippen LogP) is 2.91. The highest BCUT2D eigenvalue weighted by molar-refractivity contribution is 5.97. The molecule has 0 N–H and O–H groups in total. The van der Waals surface area contributed by atoms with Gasteiger partial charge in [-0.15, -0.1) is 0 Å². The van der Waals surface area contributed by atoms with E-state index in [9.17, 15) is 4.79 Å². The molecule has 1 amide bonds. The Kier molecular flexibility index (Phi) is 3.80. The van der Waals surface area contributed by atoms with Crippen LogP contribution in [0.4, 0.5) is 5.69 Å². The molecule has 0 unspecified atom stereocenters. The van der Waals surface area contributed by atoms with E-state index in [4.69, 9.17) is 10.00 Å².